The van der Waals surface area contributed by atoms with E-state index in [-0.39, 0.29) is 11.3 Å². The first-order chi connectivity index (χ1) is 8.90. The van der Waals surface area contributed by atoms with Gasteiger partial charge >= 0.3 is 16.2 Å². The van der Waals surface area contributed by atoms with Gasteiger partial charge in [-0.05, 0) is 31.0 Å². The van der Waals surface area contributed by atoms with Crippen molar-refractivity contribution in [3.63, 3.8) is 0 Å². The Labute approximate surface area is 110 Å². The van der Waals surface area contributed by atoms with Crippen molar-refractivity contribution in [3.8, 4) is 0 Å². The molecule has 0 spiro atoms. The van der Waals surface area contributed by atoms with Crippen LogP contribution in [0, 0.1) is 5.82 Å². The number of carboxylic acids is 1. The summed E-state index contributed by atoms with van der Waals surface area (Å²) in [7, 11) is -3.83. The molecule has 0 radical (unpaired) electrons. The predicted molar refractivity (Wildman–Crippen MR) is 66.7 cm³/mol. The molecule has 0 bridgehead atoms. The second-order valence-electron chi connectivity index (χ2n) is 4.21. The molecule has 1 aliphatic heterocycles. The van der Waals surface area contributed by atoms with Crippen molar-refractivity contribution < 1.29 is 22.7 Å². The quantitative estimate of drug-likeness (QED) is 0.873. The van der Waals surface area contributed by atoms with Crippen LogP contribution in [-0.2, 0) is 10.2 Å². The summed E-state index contributed by atoms with van der Waals surface area (Å²) in [6, 6.07) is 2.96. The first-order valence-corrected chi connectivity index (χ1v) is 7.15. The smallest absolute Gasteiger partial charge is 0.335 e. The molecule has 0 atom stereocenters. The molecule has 0 amide bonds. The number of nitrogens with one attached hydrogen (secondary N) is 1. The molecule has 0 aliphatic carbocycles. The molecule has 19 heavy (non-hydrogen) atoms. The van der Waals surface area contributed by atoms with E-state index in [4.69, 9.17) is 5.11 Å². The van der Waals surface area contributed by atoms with Gasteiger partial charge in [-0.1, -0.05) is 0 Å². The molecule has 1 aromatic rings. The lowest BCUT2D eigenvalue weighted by atomic mass is 10.2. The number of benzene rings is 1. The van der Waals surface area contributed by atoms with Gasteiger partial charge in [0.2, 0.25) is 0 Å². The van der Waals surface area contributed by atoms with Crippen LogP contribution in [0.5, 0.6) is 0 Å². The summed E-state index contributed by atoms with van der Waals surface area (Å²) in [6.45, 7) is 0.769. The van der Waals surface area contributed by atoms with Gasteiger partial charge in [0.1, 0.15) is 5.82 Å². The van der Waals surface area contributed by atoms with Crippen molar-refractivity contribution in [1.82, 2.24) is 4.31 Å². The van der Waals surface area contributed by atoms with Crippen molar-refractivity contribution in [2.45, 2.75) is 12.8 Å². The summed E-state index contributed by atoms with van der Waals surface area (Å²) < 4.78 is 40.7. The van der Waals surface area contributed by atoms with Gasteiger partial charge < -0.3 is 5.11 Å². The molecule has 0 saturated carbocycles. The Hall–Kier alpha value is -1.67. The average molecular weight is 288 g/mol. The topological polar surface area (TPSA) is 86.7 Å². The molecule has 1 aromatic carbocycles. The van der Waals surface area contributed by atoms with Gasteiger partial charge in [0, 0.05) is 13.1 Å². The van der Waals surface area contributed by atoms with Crippen LogP contribution in [0.3, 0.4) is 0 Å². The monoisotopic (exact) mass is 288 g/mol. The second-order valence-corrected chi connectivity index (χ2v) is 5.88. The van der Waals surface area contributed by atoms with Gasteiger partial charge in [-0.3, -0.25) is 4.72 Å². The minimum absolute atomic E-state index is 0.180. The van der Waals surface area contributed by atoms with Crippen molar-refractivity contribution in [2.24, 2.45) is 0 Å². The number of hydrogen-bond acceptors (Lipinski definition) is 3. The van der Waals surface area contributed by atoms with Crippen molar-refractivity contribution in [3.05, 3.63) is 29.6 Å². The summed E-state index contributed by atoms with van der Waals surface area (Å²) in [4.78, 5) is 10.8. The number of rotatable bonds is 4. The number of halogens is 1. The molecule has 0 aromatic heterocycles. The molecule has 1 aliphatic rings. The minimum atomic E-state index is -3.83. The lowest BCUT2D eigenvalue weighted by molar-refractivity contribution is 0.0697. The third-order valence-corrected chi connectivity index (χ3v) is 4.38. The van der Waals surface area contributed by atoms with Crippen LogP contribution < -0.4 is 4.72 Å². The maximum atomic E-state index is 13.5. The van der Waals surface area contributed by atoms with E-state index in [1.54, 1.807) is 0 Å². The van der Waals surface area contributed by atoms with E-state index in [9.17, 15) is 17.6 Å². The lowest BCUT2D eigenvalue weighted by Gasteiger charge is -2.17. The zero-order chi connectivity index (χ0) is 14.0. The Morgan fingerprint density at radius 2 is 1.95 bits per heavy atom. The highest BCUT2D eigenvalue weighted by molar-refractivity contribution is 7.90. The molecule has 1 heterocycles. The Morgan fingerprint density at radius 1 is 1.32 bits per heavy atom. The molecule has 1 saturated heterocycles. The molecule has 104 valence electrons. The largest absolute Gasteiger partial charge is 0.478 e. The molecular formula is C11H13FN2O4S. The van der Waals surface area contributed by atoms with E-state index in [2.05, 4.69) is 4.72 Å². The zero-order valence-electron chi connectivity index (χ0n) is 9.97. The molecule has 2 N–H and O–H groups in total. The highest BCUT2D eigenvalue weighted by Crippen LogP contribution is 2.20. The van der Waals surface area contributed by atoms with Gasteiger partial charge in [-0.25, -0.2) is 9.18 Å². The van der Waals surface area contributed by atoms with E-state index in [0.717, 1.165) is 31.0 Å². The van der Waals surface area contributed by atoms with Gasteiger partial charge in [0.25, 0.3) is 0 Å². The minimum Gasteiger partial charge on any atom is -0.478 e. The van der Waals surface area contributed by atoms with Crippen LogP contribution in [0.25, 0.3) is 0 Å². The maximum Gasteiger partial charge on any atom is 0.335 e. The van der Waals surface area contributed by atoms with Crippen LogP contribution in [0.15, 0.2) is 18.2 Å². The number of anilines is 1. The van der Waals surface area contributed by atoms with Crippen LogP contribution in [0.2, 0.25) is 0 Å². The number of nitrogens with zero attached hydrogens (tertiary/aromatic N) is 1. The summed E-state index contributed by atoms with van der Waals surface area (Å²) >= 11 is 0. The van der Waals surface area contributed by atoms with Crippen molar-refractivity contribution >= 4 is 21.9 Å². The second kappa shape index (κ2) is 5.14. The standard InChI is InChI=1S/C11H13FN2O4S/c12-9-4-3-8(11(15)16)7-10(9)13-19(17,18)14-5-1-2-6-14/h3-4,7,13H,1-2,5-6H2,(H,15,16). The van der Waals surface area contributed by atoms with Crippen LogP contribution >= 0.6 is 0 Å². The van der Waals surface area contributed by atoms with E-state index >= 15 is 0 Å². The van der Waals surface area contributed by atoms with E-state index in [1.807, 2.05) is 0 Å². The third-order valence-electron chi connectivity index (χ3n) is 2.86. The summed E-state index contributed by atoms with van der Waals surface area (Å²) in [5.74, 6) is -2.06. The first-order valence-electron chi connectivity index (χ1n) is 5.71. The van der Waals surface area contributed by atoms with Crippen molar-refractivity contribution in [1.29, 1.82) is 0 Å². The first kappa shape index (κ1) is 13.8. The Bertz CT molecular complexity index is 597. The lowest BCUT2D eigenvalue weighted by Crippen LogP contribution is -2.33. The fourth-order valence-electron chi connectivity index (χ4n) is 1.87. The van der Waals surface area contributed by atoms with Gasteiger partial charge in [-0.2, -0.15) is 12.7 Å². The number of carboxylic acid groups (broad SMARTS) is 1. The molecular weight excluding hydrogens is 275 g/mol. The zero-order valence-corrected chi connectivity index (χ0v) is 10.8. The maximum absolute atomic E-state index is 13.5. The summed E-state index contributed by atoms with van der Waals surface area (Å²) in [5.41, 5.74) is -0.535. The molecule has 8 heteroatoms. The summed E-state index contributed by atoms with van der Waals surface area (Å²) in [5, 5.41) is 8.80. The summed E-state index contributed by atoms with van der Waals surface area (Å²) in [6.07, 6.45) is 1.52. The third kappa shape index (κ3) is 3.02. The number of carbonyl (C=O) groups is 1. The van der Waals surface area contributed by atoms with E-state index in [1.165, 1.54) is 4.31 Å². The van der Waals surface area contributed by atoms with Crippen LogP contribution in [-0.4, -0.2) is 36.9 Å². The normalized spacial score (nSPS) is 16.5. The van der Waals surface area contributed by atoms with E-state index < -0.39 is 22.0 Å². The highest BCUT2D eigenvalue weighted by Gasteiger charge is 2.26. The fraction of sp³-hybridized carbons (Fsp3) is 0.364. The highest BCUT2D eigenvalue weighted by atomic mass is 32.2. The van der Waals surface area contributed by atoms with Crippen LogP contribution in [0.1, 0.15) is 23.2 Å². The number of hydrogen-bond donors (Lipinski definition) is 2. The molecule has 6 nitrogen and oxygen atoms in total. The molecule has 1 fully saturated rings. The molecule has 0 unspecified atom stereocenters. The van der Waals surface area contributed by atoms with Crippen molar-refractivity contribution in [2.75, 3.05) is 17.8 Å². The SMILES string of the molecule is O=C(O)c1ccc(F)c(NS(=O)(=O)N2CCCC2)c1. The van der Waals surface area contributed by atoms with Gasteiger partial charge in [0.05, 0.1) is 11.3 Å². The average Bonchev–Trinajstić information content (AvgIpc) is 2.85. The van der Waals surface area contributed by atoms with Gasteiger partial charge in [-0.15, -0.1) is 0 Å². The fourth-order valence-corrected chi connectivity index (χ4v) is 3.17. The Kier molecular flexibility index (Phi) is 3.72. The Balaban J connectivity index is 2.27. The van der Waals surface area contributed by atoms with Gasteiger partial charge in [0.15, 0.2) is 0 Å². The van der Waals surface area contributed by atoms with E-state index in [0.29, 0.717) is 13.1 Å². The molecule has 2 rings (SSSR count). The predicted octanol–water partition coefficient (Wildman–Crippen LogP) is 1.28. The Morgan fingerprint density at radius 3 is 2.53 bits per heavy atom. The number of aromatic carboxylic acids is 1. The van der Waals surface area contributed by atoms with Crippen LogP contribution in [0.4, 0.5) is 10.1 Å².